The van der Waals surface area contributed by atoms with Crippen molar-refractivity contribution in [1.29, 1.82) is 0 Å². The number of aryl methyl sites for hydroxylation is 1. The Balaban J connectivity index is 1.58. The highest BCUT2D eigenvalue weighted by atomic mass is 79.9. The summed E-state index contributed by atoms with van der Waals surface area (Å²) < 4.78 is 12.6. The standard InChI is InChI=1S/C19H21BrN2O3/c1-12-9-16(15-5-4-13(20)10-17(15)21-12)18(23)22-14-3-2-6-19(11-14)24-7-8-25-19/h4-5,9-10,14H,2-3,6-8,11H2,1H3,(H,22,23)/t14-/m0/s1. The fraction of sp³-hybridized carbons (Fsp3) is 0.474. The predicted octanol–water partition coefficient (Wildman–Crippen LogP) is 3.72. The van der Waals surface area contributed by atoms with Gasteiger partial charge in [-0.1, -0.05) is 22.0 Å². The van der Waals surface area contributed by atoms with E-state index in [1.807, 2.05) is 31.2 Å². The first-order valence-corrected chi connectivity index (χ1v) is 9.50. The van der Waals surface area contributed by atoms with E-state index in [0.717, 1.165) is 40.3 Å². The molecule has 1 saturated heterocycles. The summed E-state index contributed by atoms with van der Waals surface area (Å²) in [7, 11) is 0. The van der Waals surface area contributed by atoms with Gasteiger partial charge < -0.3 is 14.8 Å². The van der Waals surface area contributed by atoms with Gasteiger partial charge in [0.1, 0.15) is 0 Å². The molecule has 2 aromatic rings. The molecule has 2 heterocycles. The average Bonchev–Trinajstić information content (AvgIpc) is 3.01. The molecule has 1 aliphatic heterocycles. The number of nitrogens with zero attached hydrogens (tertiary/aromatic N) is 1. The van der Waals surface area contributed by atoms with E-state index in [0.29, 0.717) is 25.2 Å². The molecule has 1 aliphatic carbocycles. The number of aromatic nitrogens is 1. The Morgan fingerprint density at radius 3 is 2.92 bits per heavy atom. The Bertz CT molecular complexity index is 812. The van der Waals surface area contributed by atoms with Gasteiger partial charge in [-0.15, -0.1) is 0 Å². The van der Waals surface area contributed by atoms with E-state index >= 15 is 0 Å². The zero-order chi connectivity index (χ0) is 17.4. The second-order valence-electron chi connectivity index (χ2n) is 6.85. The van der Waals surface area contributed by atoms with Crippen molar-refractivity contribution in [2.45, 2.75) is 44.4 Å². The van der Waals surface area contributed by atoms with Gasteiger partial charge in [0.05, 0.1) is 24.3 Å². The summed E-state index contributed by atoms with van der Waals surface area (Å²) in [5, 5.41) is 4.05. The number of amides is 1. The summed E-state index contributed by atoms with van der Waals surface area (Å²) in [6.07, 6.45) is 3.57. The maximum atomic E-state index is 12.9. The van der Waals surface area contributed by atoms with Crippen LogP contribution >= 0.6 is 15.9 Å². The summed E-state index contributed by atoms with van der Waals surface area (Å²) in [6, 6.07) is 7.73. The number of halogens is 1. The highest BCUT2D eigenvalue weighted by molar-refractivity contribution is 9.10. The minimum Gasteiger partial charge on any atom is -0.349 e. The topological polar surface area (TPSA) is 60.5 Å². The SMILES string of the molecule is Cc1cc(C(=O)N[C@H]2CCCC3(C2)OCCO3)c2ccc(Br)cc2n1. The lowest BCUT2D eigenvalue weighted by Gasteiger charge is -2.36. The van der Waals surface area contributed by atoms with Gasteiger partial charge in [0.15, 0.2) is 5.79 Å². The number of hydrogen-bond acceptors (Lipinski definition) is 4. The van der Waals surface area contributed by atoms with Crippen molar-refractivity contribution in [3.8, 4) is 0 Å². The first kappa shape index (κ1) is 16.9. The molecule has 5 nitrogen and oxygen atoms in total. The minimum atomic E-state index is -0.489. The number of carbonyl (C=O) groups excluding carboxylic acids is 1. The second-order valence-corrected chi connectivity index (χ2v) is 7.76. The van der Waals surface area contributed by atoms with Gasteiger partial charge in [-0.3, -0.25) is 9.78 Å². The average molecular weight is 405 g/mol. The van der Waals surface area contributed by atoms with Crippen LogP contribution in [0, 0.1) is 6.92 Å². The van der Waals surface area contributed by atoms with E-state index < -0.39 is 5.79 Å². The molecule has 1 N–H and O–H groups in total. The Morgan fingerprint density at radius 2 is 2.12 bits per heavy atom. The third kappa shape index (κ3) is 3.43. The molecule has 0 unspecified atom stereocenters. The van der Waals surface area contributed by atoms with Crippen molar-refractivity contribution in [2.75, 3.05) is 13.2 Å². The molecule has 2 aliphatic rings. The predicted molar refractivity (Wildman–Crippen MR) is 98.5 cm³/mol. The molecule has 0 radical (unpaired) electrons. The lowest BCUT2D eigenvalue weighted by molar-refractivity contribution is -0.181. The summed E-state index contributed by atoms with van der Waals surface area (Å²) in [5.74, 6) is -0.546. The van der Waals surface area contributed by atoms with Crippen molar-refractivity contribution in [3.05, 3.63) is 40.0 Å². The lowest BCUT2D eigenvalue weighted by atomic mass is 9.89. The van der Waals surface area contributed by atoms with Gasteiger partial charge >= 0.3 is 0 Å². The lowest BCUT2D eigenvalue weighted by Crippen LogP contribution is -2.46. The van der Waals surface area contributed by atoms with E-state index in [-0.39, 0.29) is 11.9 Å². The molecule has 1 saturated carbocycles. The molecular formula is C19H21BrN2O3. The van der Waals surface area contributed by atoms with Gasteiger partial charge in [0, 0.05) is 34.4 Å². The van der Waals surface area contributed by atoms with E-state index in [4.69, 9.17) is 9.47 Å². The number of pyridine rings is 1. The van der Waals surface area contributed by atoms with Crippen molar-refractivity contribution in [2.24, 2.45) is 0 Å². The molecule has 4 rings (SSSR count). The fourth-order valence-electron chi connectivity index (χ4n) is 3.86. The summed E-state index contributed by atoms with van der Waals surface area (Å²) in [5.41, 5.74) is 2.32. The third-order valence-corrected chi connectivity index (χ3v) is 5.45. The normalized spacial score (nSPS) is 22.4. The summed E-state index contributed by atoms with van der Waals surface area (Å²) in [4.78, 5) is 17.5. The van der Waals surface area contributed by atoms with Crippen LogP contribution < -0.4 is 5.32 Å². The number of carbonyl (C=O) groups is 1. The number of ether oxygens (including phenoxy) is 2. The summed E-state index contributed by atoms with van der Waals surface area (Å²) >= 11 is 3.46. The molecule has 2 fully saturated rings. The highest BCUT2D eigenvalue weighted by Gasteiger charge is 2.41. The number of nitrogens with one attached hydrogen (secondary N) is 1. The number of fused-ring (bicyclic) bond motifs is 1. The molecule has 1 aromatic heterocycles. The zero-order valence-electron chi connectivity index (χ0n) is 14.2. The van der Waals surface area contributed by atoms with Crippen LogP contribution in [-0.2, 0) is 9.47 Å². The second kappa shape index (κ2) is 6.67. The van der Waals surface area contributed by atoms with Crippen LogP contribution in [0.25, 0.3) is 10.9 Å². The third-order valence-electron chi connectivity index (χ3n) is 4.96. The van der Waals surface area contributed by atoms with Crippen LogP contribution in [0.4, 0.5) is 0 Å². The zero-order valence-corrected chi connectivity index (χ0v) is 15.8. The van der Waals surface area contributed by atoms with Gasteiger partial charge in [-0.25, -0.2) is 0 Å². The number of hydrogen-bond donors (Lipinski definition) is 1. The molecule has 0 bridgehead atoms. The molecule has 1 atom stereocenters. The number of rotatable bonds is 2. The van der Waals surface area contributed by atoms with Crippen LogP contribution in [0.5, 0.6) is 0 Å². The van der Waals surface area contributed by atoms with Crippen molar-refractivity contribution in [1.82, 2.24) is 10.3 Å². The molecule has 1 aromatic carbocycles. The quantitative estimate of drug-likeness (QED) is 0.828. The van der Waals surface area contributed by atoms with E-state index in [2.05, 4.69) is 26.2 Å². The molecular weight excluding hydrogens is 384 g/mol. The summed E-state index contributed by atoms with van der Waals surface area (Å²) in [6.45, 7) is 3.19. The Hall–Kier alpha value is -1.50. The highest BCUT2D eigenvalue weighted by Crippen LogP contribution is 2.36. The maximum Gasteiger partial charge on any atom is 0.252 e. The number of benzene rings is 1. The molecule has 1 amide bonds. The van der Waals surface area contributed by atoms with Crippen molar-refractivity contribution >= 4 is 32.7 Å². The Kier molecular flexibility index (Phi) is 4.52. The van der Waals surface area contributed by atoms with Crippen molar-refractivity contribution < 1.29 is 14.3 Å². The van der Waals surface area contributed by atoms with E-state index in [1.54, 1.807) is 0 Å². The van der Waals surface area contributed by atoms with Gasteiger partial charge in [-0.2, -0.15) is 0 Å². The fourth-order valence-corrected chi connectivity index (χ4v) is 4.21. The smallest absolute Gasteiger partial charge is 0.252 e. The Labute approximate surface area is 155 Å². The van der Waals surface area contributed by atoms with Crippen LogP contribution in [0.15, 0.2) is 28.7 Å². The van der Waals surface area contributed by atoms with Crippen LogP contribution in [0.2, 0.25) is 0 Å². The molecule has 25 heavy (non-hydrogen) atoms. The largest absolute Gasteiger partial charge is 0.349 e. The Morgan fingerprint density at radius 1 is 1.32 bits per heavy atom. The maximum absolute atomic E-state index is 12.9. The molecule has 6 heteroatoms. The van der Waals surface area contributed by atoms with E-state index in [1.165, 1.54) is 0 Å². The van der Waals surface area contributed by atoms with Gasteiger partial charge in [0.25, 0.3) is 5.91 Å². The van der Waals surface area contributed by atoms with Crippen LogP contribution in [0.3, 0.4) is 0 Å². The molecule has 1 spiro atoms. The minimum absolute atomic E-state index is 0.0575. The van der Waals surface area contributed by atoms with E-state index in [9.17, 15) is 4.79 Å². The first-order valence-electron chi connectivity index (χ1n) is 8.70. The van der Waals surface area contributed by atoms with Gasteiger partial charge in [-0.05, 0) is 38.0 Å². The monoisotopic (exact) mass is 404 g/mol. The first-order chi connectivity index (χ1) is 12.0. The van der Waals surface area contributed by atoms with Crippen molar-refractivity contribution in [3.63, 3.8) is 0 Å². The van der Waals surface area contributed by atoms with Crippen LogP contribution in [0.1, 0.15) is 41.7 Å². The van der Waals surface area contributed by atoms with Gasteiger partial charge in [0.2, 0.25) is 0 Å². The van der Waals surface area contributed by atoms with Crippen LogP contribution in [-0.4, -0.2) is 35.9 Å². The molecule has 132 valence electrons.